The summed E-state index contributed by atoms with van der Waals surface area (Å²) in [6.07, 6.45) is -1.61. The van der Waals surface area contributed by atoms with Gasteiger partial charge in [-0.3, -0.25) is 18.7 Å². The highest BCUT2D eigenvalue weighted by Gasteiger charge is 2.51. The Hall–Kier alpha value is -0.670. The van der Waals surface area contributed by atoms with Crippen LogP contribution in [0.15, 0.2) is 0 Å². The zero-order valence-corrected chi connectivity index (χ0v) is 15.7. The van der Waals surface area contributed by atoms with Crippen molar-refractivity contribution in [1.29, 1.82) is 0 Å². The third-order valence-corrected chi connectivity index (χ3v) is 4.14. The predicted molar refractivity (Wildman–Crippen MR) is 84.0 cm³/mol. The molecule has 0 heterocycles. The van der Waals surface area contributed by atoms with E-state index in [4.69, 9.17) is 9.63 Å². The second-order valence-corrected chi connectivity index (χ2v) is 7.83. The predicted octanol–water partition coefficient (Wildman–Crippen LogP) is -0.756. The Morgan fingerprint density at radius 2 is 1.67 bits per heavy atom. The van der Waals surface area contributed by atoms with Gasteiger partial charge in [0.15, 0.2) is 11.6 Å². The number of carbonyl (C=O) groups excluding carboxylic acids is 2. The fourth-order valence-corrected chi connectivity index (χ4v) is 3.20. The van der Waals surface area contributed by atoms with Gasteiger partial charge in [0.05, 0.1) is 34.4 Å². The Bertz CT molecular complexity index is 472. The van der Waals surface area contributed by atoms with Gasteiger partial charge < -0.3 is 24.1 Å². The summed E-state index contributed by atoms with van der Waals surface area (Å²) < 4.78 is 21.7. The number of phosphoric ester groups is 1. The van der Waals surface area contributed by atoms with Gasteiger partial charge in [-0.1, -0.05) is 13.8 Å². The fraction of sp³-hybridized carbons (Fsp3) is 0.857. The van der Waals surface area contributed by atoms with Crippen molar-refractivity contribution < 1.29 is 42.8 Å². The van der Waals surface area contributed by atoms with Gasteiger partial charge in [0, 0.05) is 12.8 Å². The van der Waals surface area contributed by atoms with E-state index < -0.39 is 44.3 Å². The van der Waals surface area contributed by atoms with Crippen molar-refractivity contribution in [2.45, 2.75) is 38.4 Å². The first-order chi connectivity index (χ1) is 10.8. The lowest BCUT2D eigenvalue weighted by molar-refractivity contribution is -0.874. The van der Waals surface area contributed by atoms with Crippen LogP contribution in [0, 0.1) is 0 Å². The van der Waals surface area contributed by atoms with Gasteiger partial charge in [-0.05, 0) is 0 Å². The van der Waals surface area contributed by atoms with E-state index in [9.17, 15) is 24.2 Å². The number of hydrogen-bond donors (Lipinski definition) is 2. The molecule has 10 heteroatoms. The minimum Gasteiger partial charge on any atom is -0.756 e. The lowest BCUT2D eigenvalue weighted by atomic mass is 9.89. The first kappa shape index (κ1) is 23.3. The van der Waals surface area contributed by atoms with Crippen molar-refractivity contribution >= 4 is 19.4 Å². The van der Waals surface area contributed by atoms with Gasteiger partial charge in [0.1, 0.15) is 12.6 Å². The van der Waals surface area contributed by atoms with E-state index in [2.05, 4.69) is 4.52 Å². The van der Waals surface area contributed by atoms with E-state index in [1.54, 1.807) is 21.1 Å². The van der Waals surface area contributed by atoms with Gasteiger partial charge in [-0.2, -0.15) is 0 Å². The van der Waals surface area contributed by atoms with Crippen molar-refractivity contribution in [2.75, 3.05) is 40.9 Å². The normalized spacial score (nSPS) is 16.5. The van der Waals surface area contributed by atoms with Crippen LogP contribution < -0.4 is 4.89 Å². The summed E-state index contributed by atoms with van der Waals surface area (Å²) in [5.41, 5.74) is -2.18. The first-order valence-electron chi connectivity index (χ1n) is 7.66. The molecule has 0 aliphatic rings. The van der Waals surface area contributed by atoms with Crippen LogP contribution in [-0.2, 0) is 23.2 Å². The number of likely N-dealkylation sites (N-methyl/N-ethyl adjacent to an activating group) is 1. The van der Waals surface area contributed by atoms with Gasteiger partial charge in [0.2, 0.25) is 5.60 Å². The SMILES string of the molecule is CCC(=O)C(C[N+](C)(C)C)(OP(=O)([O-])OC[C@H](O)CO)C(=O)CC. The van der Waals surface area contributed by atoms with E-state index in [1.165, 1.54) is 13.8 Å². The lowest BCUT2D eigenvalue weighted by Crippen LogP contribution is -2.59. The third-order valence-electron chi connectivity index (χ3n) is 3.14. The van der Waals surface area contributed by atoms with Crippen LogP contribution in [0.1, 0.15) is 26.7 Å². The third kappa shape index (κ3) is 7.06. The largest absolute Gasteiger partial charge is 0.756 e. The monoisotopic (exact) mass is 369 g/mol. The van der Waals surface area contributed by atoms with Crippen LogP contribution in [0.5, 0.6) is 0 Å². The summed E-state index contributed by atoms with van der Waals surface area (Å²) in [4.78, 5) is 36.9. The number of hydrogen-bond acceptors (Lipinski definition) is 8. The molecule has 0 spiro atoms. The molecule has 0 aromatic carbocycles. The van der Waals surface area contributed by atoms with E-state index >= 15 is 0 Å². The summed E-state index contributed by atoms with van der Waals surface area (Å²) in [5.74, 6) is -1.32. The molecule has 24 heavy (non-hydrogen) atoms. The molecule has 0 radical (unpaired) electrons. The minimum absolute atomic E-state index is 0.0923. The minimum atomic E-state index is -5.07. The molecular weight excluding hydrogens is 341 g/mol. The van der Waals surface area contributed by atoms with Crippen molar-refractivity contribution in [3.8, 4) is 0 Å². The molecule has 0 aromatic rings. The lowest BCUT2D eigenvalue weighted by Gasteiger charge is -2.39. The smallest absolute Gasteiger partial charge is 0.269 e. The van der Waals surface area contributed by atoms with E-state index in [0.717, 1.165) is 0 Å². The number of nitrogens with zero attached hydrogens (tertiary/aromatic N) is 1. The van der Waals surface area contributed by atoms with E-state index in [-0.39, 0.29) is 23.9 Å². The molecule has 0 saturated heterocycles. The van der Waals surface area contributed by atoms with E-state index in [1.807, 2.05) is 0 Å². The molecule has 0 saturated carbocycles. The number of phosphoric acid groups is 1. The van der Waals surface area contributed by atoms with Gasteiger partial charge in [-0.25, -0.2) is 0 Å². The maximum Gasteiger partial charge on any atom is 0.269 e. The average molecular weight is 369 g/mol. The maximum atomic E-state index is 12.4. The Balaban J connectivity index is 5.71. The van der Waals surface area contributed by atoms with Gasteiger partial charge in [0.25, 0.3) is 7.82 Å². The van der Waals surface area contributed by atoms with Crippen molar-refractivity contribution in [3.05, 3.63) is 0 Å². The Morgan fingerprint density at radius 3 is 2.00 bits per heavy atom. The Labute approximate surface area is 142 Å². The average Bonchev–Trinajstić information content (AvgIpc) is 2.48. The second-order valence-electron chi connectivity index (χ2n) is 6.50. The molecule has 0 aliphatic heterocycles. The van der Waals surface area contributed by atoms with Gasteiger partial charge in [-0.15, -0.1) is 0 Å². The van der Waals surface area contributed by atoms with Gasteiger partial charge >= 0.3 is 0 Å². The number of ketones is 2. The number of quaternary nitrogens is 1. The zero-order valence-electron chi connectivity index (χ0n) is 14.9. The molecule has 0 fully saturated rings. The highest BCUT2D eigenvalue weighted by Crippen LogP contribution is 2.45. The maximum absolute atomic E-state index is 12.4. The Morgan fingerprint density at radius 1 is 1.21 bits per heavy atom. The highest BCUT2D eigenvalue weighted by atomic mass is 31.2. The van der Waals surface area contributed by atoms with Crippen LogP contribution in [0.2, 0.25) is 0 Å². The molecule has 0 rings (SSSR count). The summed E-state index contributed by atoms with van der Waals surface area (Å²) in [6.45, 7) is 1.38. The quantitative estimate of drug-likeness (QED) is 0.261. The number of aliphatic hydroxyl groups excluding tert-OH is 2. The fourth-order valence-electron chi connectivity index (χ4n) is 2.15. The summed E-state index contributed by atoms with van der Waals surface area (Å²) >= 11 is 0. The van der Waals surface area contributed by atoms with E-state index in [0.29, 0.717) is 0 Å². The number of carbonyl (C=O) groups is 2. The summed E-state index contributed by atoms with van der Waals surface area (Å²) in [7, 11) is -0.00239. The molecule has 0 amide bonds. The zero-order chi connectivity index (χ0) is 19.2. The molecule has 2 atom stereocenters. The number of aliphatic hydroxyl groups is 2. The summed E-state index contributed by atoms with van der Waals surface area (Å²) in [5, 5.41) is 17.9. The van der Waals surface area contributed by atoms with Crippen LogP contribution in [0.25, 0.3) is 0 Å². The molecule has 2 N–H and O–H groups in total. The summed E-state index contributed by atoms with van der Waals surface area (Å²) in [6, 6.07) is 0. The number of Topliss-reactive ketones (excluding diaryl/α,β-unsaturated/α-hetero) is 2. The molecule has 142 valence electrons. The molecule has 0 aliphatic carbocycles. The molecule has 9 nitrogen and oxygen atoms in total. The highest BCUT2D eigenvalue weighted by molar-refractivity contribution is 7.46. The molecule has 1 unspecified atom stereocenters. The first-order valence-corrected chi connectivity index (χ1v) is 9.12. The van der Waals surface area contributed by atoms with Crippen LogP contribution >= 0.6 is 7.82 Å². The van der Waals surface area contributed by atoms with Crippen molar-refractivity contribution in [1.82, 2.24) is 0 Å². The second kappa shape index (κ2) is 9.15. The van der Waals surface area contributed by atoms with Crippen LogP contribution in [-0.4, -0.2) is 78.9 Å². The molecule has 0 bridgehead atoms. The van der Waals surface area contributed by atoms with Crippen molar-refractivity contribution in [3.63, 3.8) is 0 Å². The topological polar surface area (TPSA) is 133 Å². The standard InChI is InChI=1S/C14H28NO8P/c1-6-12(18)14(13(19)7-2,10-15(3,4)5)23-24(20,21)22-9-11(17)8-16/h11,16-17H,6-10H2,1-5H3/t11-/m1/s1. The molecule has 0 aromatic heterocycles. The van der Waals surface area contributed by atoms with Crippen molar-refractivity contribution in [2.24, 2.45) is 0 Å². The number of rotatable bonds is 12. The van der Waals surface area contributed by atoms with Crippen LogP contribution in [0.4, 0.5) is 0 Å². The molecular formula is C14H28NO8P. The Kier molecular flexibility index (Phi) is 8.89. The van der Waals surface area contributed by atoms with Crippen LogP contribution in [0.3, 0.4) is 0 Å².